The number of esters is 1. The number of nitrogens with one attached hydrogen (secondary N) is 2. The van der Waals surface area contributed by atoms with Crippen LogP contribution in [0.2, 0.25) is 10.0 Å². The highest BCUT2D eigenvalue weighted by Crippen LogP contribution is 2.23. The Morgan fingerprint density at radius 3 is 2.15 bits per heavy atom. The van der Waals surface area contributed by atoms with E-state index < -0.39 is 17.8 Å². The van der Waals surface area contributed by atoms with Crippen LogP contribution in [0.4, 0.5) is 0 Å². The summed E-state index contributed by atoms with van der Waals surface area (Å²) in [6.07, 6.45) is 1.33. The van der Waals surface area contributed by atoms with Crippen LogP contribution in [0.5, 0.6) is 5.75 Å². The summed E-state index contributed by atoms with van der Waals surface area (Å²) < 4.78 is 6.17. The van der Waals surface area contributed by atoms with E-state index in [0.717, 1.165) is 4.47 Å². The zero-order chi connectivity index (χ0) is 23.8. The van der Waals surface area contributed by atoms with Gasteiger partial charge in [-0.1, -0.05) is 39.1 Å². The largest absolute Gasteiger partial charge is 0.422 e. The molecule has 0 unspecified atom stereocenters. The molecule has 0 saturated carbocycles. The van der Waals surface area contributed by atoms with Crippen LogP contribution >= 0.6 is 39.1 Å². The number of benzene rings is 3. The molecule has 2 N–H and O–H groups in total. The summed E-state index contributed by atoms with van der Waals surface area (Å²) in [7, 11) is 0. The quantitative estimate of drug-likeness (QED) is 0.191. The average molecular weight is 549 g/mol. The Morgan fingerprint density at radius 1 is 0.909 bits per heavy atom. The molecule has 3 aromatic rings. The van der Waals surface area contributed by atoms with Gasteiger partial charge in [0.15, 0.2) is 0 Å². The Balaban J connectivity index is 1.58. The van der Waals surface area contributed by atoms with Crippen molar-refractivity contribution in [1.29, 1.82) is 0 Å². The van der Waals surface area contributed by atoms with E-state index in [1.165, 1.54) is 6.21 Å². The van der Waals surface area contributed by atoms with Crippen LogP contribution in [-0.4, -0.2) is 30.5 Å². The van der Waals surface area contributed by atoms with Crippen LogP contribution in [0.15, 0.2) is 76.3 Å². The third kappa shape index (κ3) is 7.42. The van der Waals surface area contributed by atoms with Gasteiger partial charge in [-0.3, -0.25) is 9.59 Å². The lowest BCUT2D eigenvalue weighted by molar-refractivity contribution is -0.120. The van der Waals surface area contributed by atoms with E-state index in [-0.39, 0.29) is 12.3 Å². The predicted octanol–water partition coefficient (Wildman–Crippen LogP) is 4.86. The molecule has 33 heavy (non-hydrogen) atoms. The Labute approximate surface area is 207 Å². The van der Waals surface area contributed by atoms with Crippen molar-refractivity contribution >= 4 is 63.1 Å². The number of nitrogens with zero attached hydrogens (tertiary/aromatic N) is 1. The lowest BCUT2D eigenvalue weighted by Gasteiger charge is -2.08. The van der Waals surface area contributed by atoms with E-state index in [2.05, 4.69) is 31.8 Å². The third-order valence-electron chi connectivity index (χ3n) is 4.16. The molecule has 0 bridgehead atoms. The van der Waals surface area contributed by atoms with Crippen molar-refractivity contribution in [1.82, 2.24) is 10.7 Å². The number of amides is 2. The Morgan fingerprint density at radius 2 is 1.52 bits per heavy atom. The van der Waals surface area contributed by atoms with Gasteiger partial charge in [0.05, 0.1) is 18.3 Å². The number of hydrazone groups is 1. The molecule has 0 heterocycles. The van der Waals surface area contributed by atoms with Gasteiger partial charge in [0.1, 0.15) is 5.75 Å². The highest BCUT2D eigenvalue weighted by Gasteiger charge is 2.12. The lowest BCUT2D eigenvalue weighted by atomic mass is 10.2. The van der Waals surface area contributed by atoms with Gasteiger partial charge in [-0.05, 0) is 66.7 Å². The summed E-state index contributed by atoms with van der Waals surface area (Å²) in [5.41, 5.74) is 3.45. The van der Waals surface area contributed by atoms with E-state index in [1.54, 1.807) is 66.7 Å². The molecule has 7 nitrogen and oxygen atoms in total. The Bertz CT molecular complexity index is 1200. The fourth-order valence-corrected chi connectivity index (χ4v) is 3.17. The number of ether oxygens (including phenoxy) is 1. The second kappa shape index (κ2) is 11.6. The summed E-state index contributed by atoms with van der Waals surface area (Å²) in [5.74, 6) is -1.29. The number of hydrogen-bond donors (Lipinski definition) is 2. The van der Waals surface area contributed by atoms with E-state index in [9.17, 15) is 14.4 Å². The summed E-state index contributed by atoms with van der Waals surface area (Å²) in [4.78, 5) is 36.4. The van der Waals surface area contributed by atoms with Gasteiger partial charge in [-0.15, -0.1) is 0 Å². The molecule has 0 aliphatic heterocycles. The average Bonchev–Trinajstić information content (AvgIpc) is 2.80. The lowest BCUT2D eigenvalue weighted by Crippen LogP contribution is -2.34. The highest BCUT2D eigenvalue weighted by molar-refractivity contribution is 9.10. The first-order valence-corrected chi connectivity index (χ1v) is 11.0. The van der Waals surface area contributed by atoms with Crippen molar-refractivity contribution in [2.45, 2.75) is 0 Å². The third-order valence-corrected chi connectivity index (χ3v) is 5.16. The van der Waals surface area contributed by atoms with Crippen molar-refractivity contribution in [3.63, 3.8) is 0 Å². The first kappa shape index (κ1) is 24.4. The van der Waals surface area contributed by atoms with Crippen molar-refractivity contribution in [3.05, 3.63) is 97.9 Å². The van der Waals surface area contributed by atoms with E-state index in [4.69, 9.17) is 27.9 Å². The maximum atomic E-state index is 12.4. The molecule has 10 heteroatoms. The fourth-order valence-electron chi connectivity index (χ4n) is 2.54. The van der Waals surface area contributed by atoms with Crippen LogP contribution in [0, 0.1) is 0 Å². The second-order valence-corrected chi connectivity index (χ2v) is 8.35. The molecule has 0 aliphatic rings. The number of carbonyl (C=O) groups excluding carboxylic acids is 3. The van der Waals surface area contributed by atoms with Crippen molar-refractivity contribution < 1.29 is 19.1 Å². The minimum Gasteiger partial charge on any atom is -0.422 e. The smallest absolute Gasteiger partial charge is 0.343 e. The number of rotatable bonds is 7. The monoisotopic (exact) mass is 547 g/mol. The van der Waals surface area contributed by atoms with Crippen LogP contribution < -0.4 is 15.5 Å². The van der Waals surface area contributed by atoms with E-state index in [0.29, 0.717) is 26.7 Å². The van der Waals surface area contributed by atoms with Gasteiger partial charge in [0.25, 0.3) is 11.8 Å². The Hall–Kier alpha value is -3.20. The van der Waals surface area contributed by atoms with Crippen LogP contribution in [0.1, 0.15) is 26.3 Å². The maximum absolute atomic E-state index is 12.4. The van der Waals surface area contributed by atoms with Crippen molar-refractivity contribution in [3.8, 4) is 5.75 Å². The van der Waals surface area contributed by atoms with Crippen LogP contribution in [0.25, 0.3) is 0 Å². The first-order chi connectivity index (χ1) is 15.8. The predicted molar refractivity (Wildman–Crippen MR) is 130 cm³/mol. The number of carbonyl (C=O) groups is 3. The minimum absolute atomic E-state index is 0.243. The molecule has 0 saturated heterocycles. The Kier molecular flexibility index (Phi) is 8.59. The topological polar surface area (TPSA) is 96.9 Å². The molecule has 0 aromatic heterocycles. The molecule has 2 amide bonds. The van der Waals surface area contributed by atoms with Crippen LogP contribution in [0.3, 0.4) is 0 Å². The summed E-state index contributed by atoms with van der Waals surface area (Å²) in [5, 5.41) is 7.36. The first-order valence-electron chi connectivity index (χ1n) is 9.45. The zero-order valence-corrected chi connectivity index (χ0v) is 19.9. The molecule has 0 fully saturated rings. The second-order valence-electron chi connectivity index (χ2n) is 6.56. The summed E-state index contributed by atoms with van der Waals surface area (Å²) in [6, 6.07) is 17.5. The number of halogens is 3. The summed E-state index contributed by atoms with van der Waals surface area (Å²) >= 11 is 15.0. The highest BCUT2D eigenvalue weighted by atomic mass is 79.9. The molecule has 3 aromatic carbocycles. The van der Waals surface area contributed by atoms with Crippen LogP contribution in [-0.2, 0) is 4.79 Å². The van der Waals surface area contributed by atoms with Crippen molar-refractivity contribution in [2.75, 3.05) is 6.54 Å². The molecule has 0 radical (unpaired) electrons. The molecular formula is C23H16BrCl2N3O4. The van der Waals surface area contributed by atoms with Gasteiger partial charge >= 0.3 is 5.97 Å². The standard InChI is InChI=1S/C23H16BrCl2N3O4/c24-17-5-10-20(33-23(32)15-3-8-19(26)9-4-15)16(11-17)12-28-29-21(30)13-27-22(31)14-1-6-18(25)7-2-14/h1-12H,13H2,(H,27,31)(H,29,30)/b28-12-. The minimum atomic E-state index is -0.572. The molecule has 3 rings (SSSR count). The fraction of sp³-hybridized carbons (Fsp3) is 0.0435. The summed E-state index contributed by atoms with van der Waals surface area (Å²) in [6.45, 7) is -0.282. The van der Waals surface area contributed by atoms with Gasteiger partial charge in [-0.25, -0.2) is 10.2 Å². The SMILES string of the molecule is O=C(CNC(=O)c1ccc(Cl)cc1)N/N=C\c1cc(Br)ccc1OC(=O)c1ccc(Cl)cc1. The van der Waals surface area contributed by atoms with E-state index >= 15 is 0 Å². The molecule has 0 atom stereocenters. The molecule has 168 valence electrons. The molecule has 0 spiro atoms. The van der Waals surface area contributed by atoms with Crippen molar-refractivity contribution in [2.24, 2.45) is 5.10 Å². The normalized spacial score (nSPS) is 10.6. The molecule has 0 aliphatic carbocycles. The van der Waals surface area contributed by atoms with Gasteiger partial charge in [-0.2, -0.15) is 5.10 Å². The number of hydrogen-bond acceptors (Lipinski definition) is 5. The maximum Gasteiger partial charge on any atom is 0.343 e. The molecular weight excluding hydrogens is 533 g/mol. The van der Waals surface area contributed by atoms with Gasteiger partial charge in [0, 0.05) is 25.6 Å². The zero-order valence-electron chi connectivity index (χ0n) is 16.8. The van der Waals surface area contributed by atoms with E-state index in [1.807, 2.05) is 0 Å². The van der Waals surface area contributed by atoms with Gasteiger partial charge < -0.3 is 10.1 Å². The van der Waals surface area contributed by atoms with Gasteiger partial charge in [0.2, 0.25) is 0 Å².